The number of imidazole rings is 1. The summed E-state index contributed by atoms with van der Waals surface area (Å²) in [5.41, 5.74) is 2.86. The fourth-order valence-electron chi connectivity index (χ4n) is 2.60. The number of fused-ring (bicyclic) bond motifs is 1. The van der Waals surface area contributed by atoms with E-state index in [-0.39, 0.29) is 17.0 Å². The van der Waals surface area contributed by atoms with Crippen molar-refractivity contribution in [2.45, 2.75) is 23.8 Å². The molecule has 1 saturated heterocycles. The maximum atomic E-state index is 12.1. The van der Waals surface area contributed by atoms with Gasteiger partial charge in [0.05, 0.1) is 6.61 Å². The number of aliphatic hydroxyl groups is 3. The number of aliphatic hydroxyl groups excluding tert-OH is 3. The first kappa shape index (κ1) is 22.7. The minimum atomic E-state index is -5.22. The van der Waals surface area contributed by atoms with Gasteiger partial charge in [-0.15, -0.1) is 0 Å². The first-order valence-electron chi connectivity index (χ1n) is 7.16. The van der Waals surface area contributed by atoms with E-state index in [4.69, 9.17) is 29.7 Å². The molecule has 2 aromatic heterocycles. The van der Waals surface area contributed by atoms with Crippen LogP contribution in [0.4, 0.5) is 5.82 Å². The Labute approximate surface area is 155 Å². The van der Waals surface area contributed by atoms with Gasteiger partial charge in [-0.2, -0.15) is 0 Å². The quantitative estimate of drug-likeness (QED) is 0.206. The molecule has 3 heterocycles. The van der Waals surface area contributed by atoms with Gasteiger partial charge >= 0.3 is 15.4 Å². The van der Waals surface area contributed by atoms with E-state index in [1.807, 2.05) is 0 Å². The average molecular weight is 445 g/mol. The average Bonchev–Trinajstić information content (AvgIpc) is 3.08. The fraction of sp³-hybridized carbons (Fsp3) is 0.500. The Balaban J connectivity index is 0.000000500. The van der Waals surface area contributed by atoms with Gasteiger partial charge in [0, 0.05) is 0 Å². The summed E-state index contributed by atoms with van der Waals surface area (Å²) in [6.07, 6.45) is -3.18. The topological polar surface area (TPSA) is 275 Å². The minimum Gasteiger partial charge on any atom is -0.394 e. The van der Waals surface area contributed by atoms with Crippen LogP contribution in [0, 0.1) is 0 Å². The van der Waals surface area contributed by atoms with Gasteiger partial charge in [-0.1, -0.05) is 0 Å². The smallest absolute Gasteiger partial charge is 0.394 e. The van der Waals surface area contributed by atoms with Crippen LogP contribution in [0.2, 0.25) is 0 Å². The standard InChI is InChI=1S/C10H14N5O7P.H3O4P/c11-8-5-9(13-2-12-8)15(3-14-5)10(23(19,20)21)7(18)6(17)4(1-16)22-10;1-5(2,3)4/h2-4,6-7,16-18H,1H2,(H2,11,12,13)(H2,19,20,21);(H3,1,2,3,4)/t4-,6-,7-,10+;/m1./s1. The van der Waals surface area contributed by atoms with Gasteiger partial charge in [0.1, 0.15) is 36.5 Å². The molecule has 1 fully saturated rings. The van der Waals surface area contributed by atoms with Crippen molar-refractivity contribution in [3.05, 3.63) is 12.7 Å². The second-order valence-electron chi connectivity index (χ2n) is 5.54. The monoisotopic (exact) mass is 445 g/mol. The molecule has 3 rings (SSSR count). The van der Waals surface area contributed by atoms with Crippen LogP contribution in [0.3, 0.4) is 0 Å². The van der Waals surface area contributed by atoms with Gasteiger partial charge in [0.15, 0.2) is 11.5 Å². The lowest BCUT2D eigenvalue weighted by atomic mass is 10.1. The maximum Gasteiger partial charge on any atom is 0.466 e. The molecule has 158 valence electrons. The number of nitrogens with two attached hydrogens (primary N) is 1. The molecule has 2 aromatic rings. The summed E-state index contributed by atoms with van der Waals surface area (Å²) in [5, 5.41) is 29.3. The Morgan fingerprint density at radius 1 is 1.14 bits per heavy atom. The Kier molecular flexibility index (Phi) is 6.25. The predicted octanol–water partition coefficient (Wildman–Crippen LogP) is -3.62. The maximum absolute atomic E-state index is 12.1. The van der Waals surface area contributed by atoms with E-state index in [9.17, 15) is 29.7 Å². The van der Waals surface area contributed by atoms with E-state index in [1.165, 1.54) is 0 Å². The highest BCUT2D eigenvalue weighted by molar-refractivity contribution is 7.52. The Morgan fingerprint density at radius 3 is 2.18 bits per heavy atom. The van der Waals surface area contributed by atoms with Crippen LogP contribution < -0.4 is 5.73 Å². The lowest BCUT2D eigenvalue weighted by molar-refractivity contribution is -0.0985. The molecule has 1 aliphatic heterocycles. The molecule has 0 saturated carbocycles. The van der Waals surface area contributed by atoms with E-state index in [1.54, 1.807) is 0 Å². The zero-order valence-electron chi connectivity index (χ0n) is 13.7. The van der Waals surface area contributed by atoms with Crippen molar-refractivity contribution >= 4 is 32.4 Å². The van der Waals surface area contributed by atoms with Crippen molar-refractivity contribution in [3.63, 3.8) is 0 Å². The first-order valence-corrected chi connectivity index (χ1v) is 10.3. The Morgan fingerprint density at radius 2 is 1.71 bits per heavy atom. The normalized spacial score (nSPS) is 28.2. The molecule has 16 nitrogen and oxygen atoms in total. The van der Waals surface area contributed by atoms with Crippen molar-refractivity contribution in [2.24, 2.45) is 0 Å². The third-order valence-corrected chi connectivity index (χ3v) is 5.14. The van der Waals surface area contributed by atoms with Crippen LogP contribution in [-0.4, -0.2) is 84.2 Å². The Bertz CT molecular complexity index is 935. The number of nitrogen functional groups attached to an aromatic ring is 1. The zero-order valence-corrected chi connectivity index (χ0v) is 15.4. The number of hydrogen-bond acceptors (Lipinski definition) is 10. The van der Waals surface area contributed by atoms with E-state index in [0.29, 0.717) is 0 Å². The van der Waals surface area contributed by atoms with Crippen molar-refractivity contribution in [2.75, 3.05) is 12.3 Å². The van der Waals surface area contributed by atoms with Crippen molar-refractivity contribution in [1.29, 1.82) is 0 Å². The van der Waals surface area contributed by atoms with E-state index < -0.39 is 45.8 Å². The van der Waals surface area contributed by atoms with Crippen molar-refractivity contribution < 1.29 is 53.7 Å². The van der Waals surface area contributed by atoms with E-state index in [2.05, 4.69) is 15.0 Å². The molecule has 4 atom stereocenters. The highest BCUT2D eigenvalue weighted by Crippen LogP contribution is 2.61. The van der Waals surface area contributed by atoms with Crippen LogP contribution in [-0.2, 0) is 19.3 Å². The minimum absolute atomic E-state index is 0.0399. The molecule has 0 bridgehead atoms. The van der Waals surface area contributed by atoms with Gasteiger partial charge in [-0.3, -0.25) is 9.13 Å². The molecule has 0 unspecified atom stereocenters. The van der Waals surface area contributed by atoms with Gasteiger partial charge in [-0.25, -0.2) is 19.5 Å². The van der Waals surface area contributed by atoms with E-state index >= 15 is 0 Å². The molecule has 0 amide bonds. The lowest BCUT2D eigenvalue weighted by Crippen LogP contribution is -2.45. The van der Waals surface area contributed by atoms with Crippen molar-refractivity contribution in [1.82, 2.24) is 19.5 Å². The second-order valence-corrected chi connectivity index (χ2v) is 8.29. The van der Waals surface area contributed by atoms with Crippen LogP contribution in [0.1, 0.15) is 0 Å². The van der Waals surface area contributed by atoms with Crippen LogP contribution in [0.25, 0.3) is 11.2 Å². The zero-order chi connectivity index (χ0) is 21.5. The summed E-state index contributed by atoms with van der Waals surface area (Å²) in [5.74, 6) is -0.0404. The predicted molar refractivity (Wildman–Crippen MR) is 88.0 cm³/mol. The number of ether oxygens (including phenoxy) is 1. The fourth-order valence-corrected chi connectivity index (χ4v) is 3.80. The van der Waals surface area contributed by atoms with Gasteiger partial charge < -0.3 is 50.3 Å². The third-order valence-electron chi connectivity index (χ3n) is 3.72. The summed E-state index contributed by atoms with van der Waals surface area (Å²) < 4.78 is 27.0. The summed E-state index contributed by atoms with van der Waals surface area (Å²) in [6.45, 7) is -0.760. The summed E-state index contributed by atoms with van der Waals surface area (Å²) in [6, 6.07) is 0. The number of hydrogen-bond donors (Lipinski definition) is 9. The lowest BCUT2D eigenvalue weighted by Gasteiger charge is -2.33. The van der Waals surface area contributed by atoms with Crippen molar-refractivity contribution in [3.8, 4) is 0 Å². The number of nitrogens with zero attached hydrogens (tertiary/aromatic N) is 4. The van der Waals surface area contributed by atoms with Gasteiger partial charge in [0.25, 0.3) is 5.47 Å². The highest BCUT2D eigenvalue weighted by atomic mass is 31.2. The molecule has 10 N–H and O–H groups in total. The molecule has 28 heavy (non-hydrogen) atoms. The summed E-state index contributed by atoms with van der Waals surface area (Å²) in [4.78, 5) is 52.5. The summed E-state index contributed by atoms with van der Waals surface area (Å²) in [7, 11) is -9.86. The van der Waals surface area contributed by atoms with Crippen LogP contribution >= 0.6 is 15.4 Å². The molecular formula is C10H17N5O11P2. The Hall–Kier alpha value is -1.55. The molecule has 0 aromatic carbocycles. The number of phosphoric acid groups is 1. The molecular weight excluding hydrogens is 428 g/mol. The molecule has 0 radical (unpaired) electrons. The second kappa shape index (κ2) is 7.70. The number of rotatable bonds is 3. The SMILES string of the molecule is Nc1ncnc2c1ncn2[C@]1(P(=O)(O)O)O[C@H](CO)[C@@H](O)[C@H]1O.O=P(O)(O)O. The number of anilines is 1. The largest absolute Gasteiger partial charge is 0.466 e. The van der Waals surface area contributed by atoms with Crippen LogP contribution in [0.5, 0.6) is 0 Å². The first-order chi connectivity index (χ1) is 12.7. The highest BCUT2D eigenvalue weighted by Gasteiger charge is 2.66. The van der Waals surface area contributed by atoms with Crippen LogP contribution in [0.15, 0.2) is 12.7 Å². The van der Waals surface area contributed by atoms with Gasteiger partial charge in [-0.05, 0) is 0 Å². The summed E-state index contributed by atoms with van der Waals surface area (Å²) >= 11 is 0. The molecule has 0 spiro atoms. The molecule has 0 aliphatic carbocycles. The third kappa shape index (κ3) is 4.07. The van der Waals surface area contributed by atoms with Gasteiger partial charge in [0.2, 0.25) is 0 Å². The number of aromatic nitrogens is 4. The van der Waals surface area contributed by atoms with E-state index in [0.717, 1.165) is 17.2 Å². The molecule has 18 heteroatoms. The molecule has 1 aliphatic rings.